The summed E-state index contributed by atoms with van der Waals surface area (Å²) >= 11 is 0. The molecule has 0 spiro atoms. The number of hydrogen-bond acceptors (Lipinski definition) is 4. The highest BCUT2D eigenvalue weighted by atomic mass is 16.5. The van der Waals surface area contributed by atoms with E-state index in [9.17, 15) is 0 Å². The fourth-order valence-electron chi connectivity index (χ4n) is 2.26. The van der Waals surface area contributed by atoms with E-state index in [0.29, 0.717) is 12.3 Å². The Labute approximate surface area is 108 Å². The lowest BCUT2D eigenvalue weighted by molar-refractivity contribution is 0.165. The van der Waals surface area contributed by atoms with E-state index in [0.717, 1.165) is 45.0 Å². The second kappa shape index (κ2) is 7.10. The van der Waals surface area contributed by atoms with Gasteiger partial charge in [-0.15, -0.1) is 0 Å². The molecular formula is C14H19N3O. The first-order valence-corrected chi connectivity index (χ1v) is 6.45. The number of nitrogens with zero attached hydrogens (tertiary/aromatic N) is 3. The Hall–Kier alpha value is -1.44. The zero-order valence-corrected chi connectivity index (χ0v) is 10.6. The third kappa shape index (κ3) is 4.10. The summed E-state index contributed by atoms with van der Waals surface area (Å²) < 4.78 is 5.41. The van der Waals surface area contributed by atoms with Crippen LogP contribution in [0.15, 0.2) is 24.4 Å². The number of ether oxygens (including phenoxy) is 1. The van der Waals surface area contributed by atoms with Gasteiger partial charge in [-0.05, 0) is 24.5 Å². The Morgan fingerprint density at radius 3 is 3.11 bits per heavy atom. The van der Waals surface area contributed by atoms with Crippen molar-refractivity contribution in [3.63, 3.8) is 0 Å². The first kappa shape index (κ1) is 13.0. The monoisotopic (exact) mass is 245 g/mol. The standard InChI is InChI=1S/C14H19N3O/c15-6-3-8-17(10-13-5-9-18-12-13)11-14-4-1-2-7-16-14/h1-2,4,7,13H,3,5,8-12H2/t13-/m0/s1. The van der Waals surface area contributed by atoms with Gasteiger partial charge in [0.05, 0.1) is 18.4 Å². The van der Waals surface area contributed by atoms with Crippen molar-refractivity contribution in [2.75, 3.05) is 26.3 Å². The van der Waals surface area contributed by atoms with Gasteiger partial charge in [-0.2, -0.15) is 5.26 Å². The summed E-state index contributed by atoms with van der Waals surface area (Å²) in [6.45, 7) is 4.35. The Bertz CT molecular complexity index is 382. The van der Waals surface area contributed by atoms with Crippen molar-refractivity contribution >= 4 is 0 Å². The molecular weight excluding hydrogens is 226 g/mol. The van der Waals surface area contributed by atoms with E-state index in [4.69, 9.17) is 10.00 Å². The van der Waals surface area contributed by atoms with E-state index in [-0.39, 0.29) is 0 Å². The first-order chi connectivity index (χ1) is 8.88. The molecule has 0 aromatic carbocycles. The summed E-state index contributed by atoms with van der Waals surface area (Å²) in [6.07, 6.45) is 3.52. The van der Waals surface area contributed by atoms with Crippen LogP contribution in [-0.2, 0) is 11.3 Å². The average Bonchev–Trinajstić information content (AvgIpc) is 2.90. The first-order valence-electron chi connectivity index (χ1n) is 6.45. The number of nitriles is 1. The summed E-state index contributed by atoms with van der Waals surface area (Å²) in [7, 11) is 0. The molecule has 1 aliphatic heterocycles. The van der Waals surface area contributed by atoms with E-state index < -0.39 is 0 Å². The van der Waals surface area contributed by atoms with E-state index in [2.05, 4.69) is 16.0 Å². The normalized spacial score (nSPS) is 19.0. The van der Waals surface area contributed by atoms with Gasteiger partial charge in [-0.25, -0.2) is 0 Å². The lowest BCUT2D eigenvalue weighted by atomic mass is 10.1. The van der Waals surface area contributed by atoms with Gasteiger partial charge in [0.25, 0.3) is 0 Å². The molecule has 0 amide bonds. The van der Waals surface area contributed by atoms with E-state index in [1.165, 1.54) is 0 Å². The molecule has 1 saturated heterocycles. The predicted molar refractivity (Wildman–Crippen MR) is 68.7 cm³/mol. The number of rotatable bonds is 6. The molecule has 0 bridgehead atoms. The van der Waals surface area contributed by atoms with Crippen LogP contribution in [0.25, 0.3) is 0 Å². The van der Waals surface area contributed by atoms with Crippen molar-refractivity contribution in [3.8, 4) is 6.07 Å². The Morgan fingerprint density at radius 2 is 2.44 bits per heavy atom. The van der Waals surface area contributed by atoms with Crippen molar-refractivity contribution in [1.82, 2.24) is 9.88 Å². The maximum atomic E-state index is 8.73. The van der Waals surface area contributed by atoms with Crippen molar-refractivity contribution in [2.45, 2.75) is 19.4 Å². The highest BCUT2D eigenvalue weighted by molar-refractivity contribution is 5.03. The van der Waals surface area contributed by atoms with Gasteiger partial charge >= 0.3 is 0 Å². The van der Waals surface area contributed by atoms with Gasteiger partial charge < -0.3 is 4.74 Å². The zero-order chi connectivity index (χ0) is 12.6. The molecule has 0 aliphatic carbocycles. The molecule has 1 aromatic rings. The van der Waals surface area contributed by atoms with Crippen LogP contribution in [-0.4, -0.2) is 36.2 Å². The van der Waals surface area contributed by atoms with Crippen LogP contribution in [0.3, 0.4) is 0 Å². The minimum Gasteiger partial charge on any atom is -0.381 e. The van der Waals surface area contributed by atoms with Crippen LogP contribution in [0, 0.1) is 17.2 Å². The summed E-state index contributed by atoms with van der Waals surface area (Å²) in [6, 6.07) is 8.18. The minimum absolute atomic E-state index is 0.570. The SMILES string of the molecule is N#CCCN(Cc1ccccn1)C[C@@H]1CCOC1. The Balaban J connectivity index is 1.89. The molecule has 1 atom stereocenters. The van der Waals surface area contributed by atoms with Crippen LogP contribution < -0.4 is 0 Å². The third-order valence-electron chi connectivity index (χ3n) is 3.19. The third-order valence-corrected chi connectivity index (χ3v) is 3.19. The molecule has 0 radical (unpaired) electrons. The molecule has 0 N–H and O–H groups in total. The highest BCUT2D eigenvalue weighted by Crippen LogP contribution is 2.15. The van der Waals surface area contributed by atoms with Gasteiger partial charge in [-0.3, -0.25) is 9.88 Å². The maximum Gasteiger partial charge on any atom is 0.0635 e. The smallest absolute Gasteiger partial charge is 0.0635 e. The zero-order valence-electron chi connectivity index (χ0n) is 10.6. The molecule has 4 heteroatoms. The van der Waals surface area contributed by atoms with Crippen molar-refractivity contribution in [1.29, 1.82) is 5.26 Å². The molecule has 2 heterocycles. The van der Waals surface area contributed by atoms with Gasteiger partial charge in [0.2, 0.25) is 0 Å². The van der Waals surface area contributed by atoms with Crippen molar-refractivity contribution in [3.05, 3.63) is 30.1 Å². The minimum atomic E-state index is 0.570. The molecule has 2 rings (SSSR count). The molecule has 1 aliphatic rings. The summed E-state index contributed by atoms with van der Waals surface area (Å²) in [5.41, 5.74) is 1.06. The topological polar surface area (TPSA) is 49.2 Å². The number of aromatic nitrogens is 1. The van der Waals surface area contributed by atoms with Gasteiger partial charge in [0.1, 0.15) is 0 Å². The molecule has 96 valence electrons. The largest absolute Gasteiger partial charge is 0.381 e. The maximum absolute atomic E-state index is 8.73. The quantitative estimate of drug-likeness (QED) is 0.767. The summed E-state index contributed by atoms with van der Waals surface area (Å²) in [5, 5.41) is 8.73. The second-order valence-corrected chi connectivity index (χ2v) is 4.69. The van der Waals surface area contributed by atoms with Crippen LogP contribution in [0.5, 0.6) is 0 Å². The van der Waals surface area contributed by atoms with Crippen LogP contribution in [0.1, 0.15) is 18.5 Å². The summed E-state index contributed by atoms with van der Waals surface area (Å²) in [5.74, 6) is 0.604. The average molecular weight is 245 g/mol. The van der Waals surface area contributed by atoms with Crippen molar-refractivity contribution < 1.29 is 4.74 Å². The second-order valence-electron chi connectivity index (χ2n) is 4.69. The molecule has 1 aromatic heterocycles. The van der Waals surface area contributed by atoms with Crippen LogP contribution >= 0.6 is 0 Å². The summed E-state index contributed by atoms with van der Waals surface area (Å²) in [4.78, 5) is 6.66. The van der Waals surface area contributed by atoms with E-state index in [1.54, 1.807) is 0 Å². The number of hydrogen-bond donors (Lipinski definition) is 0. The van der Waals surface area contributed by atoms with Crippen LogP contribution in [0.4, 0.5) is 0 Å². The molecule has 18 heavy (non-hydrogen) atoms. The van der Waals surface area contributed by atoms with E-state index >= 15 is 0 Å². The fraction of sp³-hybridized carbons (Fsp3) is 0.571. The van der Waals surface area contributed by atoms with Crippen LogP contribution in [0.2, 0.25) is 0 Å². The Morgan fingerprint density at radius 1 is 1.50 bits per heavy atom. The van der Waals surface area contributed by atoms with Crippen molar-refractivity contribution in [2.24, 2.45) is 5.92 Å². The van der Waals surface area contributed by atoms with E-state index in [1.807, 2.05) is 24.4 Å². The lowest BCUT2D eigenvalue weighted by Crippen LogP contribution is -2.30. The van der Waals surface area contributed by atoms with Gasteiger partial charge in [0, 0.05) is 38.9 Å². The molecule has 4 nitrogen and oxygen atoms in total. The molecule has 0 saturated carbocycles. The predicted octanol–water partition coefficient (Wildman–Crippen LogP) is 1.83. The fourth-order valence-corrected chi connectivity index (χ4v) is 2.26. The van der Waals surface area contributed by atoms with Gasteiger partial charge in [-0.1, -0.05) is 6.07 Å². The highest BCUT2D eigenvalue weighted by Gasteiger charge is 2.19. The number of pyridine rings is 1. The lowest BCUT2D eigenvalue weighted by Gasteiger charge is -2.23. The molecule has 0 unspecified atom stereocenters. The van der Waals surface area contributed by atoms with Gasteiger partial charge in [0.15, 0.2) is 0 Å². The molecule has 1 fully saturated rings. The Kier molecular flexibility index (Phi) is 5.13.